The normalized spacial score (nSPS) is 27.5. The van der Waals surface area contributed by atoms with E-state index >= 15 is 0 Å². The van der Waals surface area contributed by atoms with Crippen molar-refractivity contribution in [3.05, 3.63) is 35.4 Å². The van der Waals surface area contributed by atoms with Crippen molar-refractivity contribution in [1.82, 2.24) is 5.32 Å². The van der Waals surface area contributed by atoms with Crippen LogP contribution in [-0.4, -0.2) is 22.7 Å². The second-order valence-electron chi connectivity index (χ2n) is 6.19. The molecule has 3 nitrogen and oxygen atoms in total. The highest BCUT2D eigenvalue weighted by atomic mass is 16.3. The van der Waals surface area contributed by atoms with Crippen LogP contribution < -0.4 is 5.32 Å². The van der Waals surface area contributed by atoms with Crippen molar-refractivity contribution in [2.24, 2.45) is 5.92 Å². The average Bonchev–Trinajstić information content (AvgIpc) is 3.08. The monoisotopic (exact) mass is 259 g/mol. The number of carbonyl (C=O) groups is 1. The summed E-state index contributed by atoms with van der Waals surface area (Å²) in [6.45, 7) is 2.12. The van der Waals surface area contributed by atoms with Gasteiger partial charge in [0.2, 0.25) is 5.91 Å². The summed E-state index contributed by atoms with van der Waals surface area (Å²) in [7, 11) is 0. The van der Waals surface area contributed by atoms with Gasteiger partial charge in [-0.2, -0.15) is 0 Å². The summed E-state index contributed by atoms with van der Waals surface area (Å²) in [5.41, 5.74) is 2.61. The van der Waals surface area contributed by atoms with Gasteiger partial charge in [0.1, 0.15) is 0 Å². The molecular formula is C16H21NO2. The van der Waals surface area contributed by atoms with E-state index in [1.165, 1.54) is 11.1 Å². The van der Waals surface area contributed by atoms with Gasteiger partial charge in [0.25, 0.3) is 0 Å². The Kier molecular flexibility index (Phi) is 3.09. The van der Waals surface area contributed by atoms with Gasteiger partial charge in [-0.3, -0.25) is 4.79 Å². The highest BCUT2D eigenvalue weighted by Crippen LogP contribution is 2.40. The van der Waals surface area contributed by atoms with E-state index in [9.17, 15) is 9.90 Å². The van der Waals surface area contributed by atoms with E-state index in [-0.39, 0.29) is 23.5 Å². The molecular weight excluding hydrogens is 238 g/mol. The second-order valence-corrected chi connectivity index (χ2v) is 6.19. The number of aliphatic hydroxyl groups is 1. The first-order valence-electron chi connectivity index (χ1n) is 7.13. The zero-order valence-corrected chi connectivity index (χ0v) is 11.4. The molecule has 0 aromatic heterocycles. The topological polar surface area (TPSA) is 49.3 Å². The van der Waals surface area contributed by atoms with Crippen LogP contribution in [0.3, 0.4) is 0 Å². The molecule has 2 aliphatic carbocycles. The van der Waals surface area contributed by atoms with E-state index in [1.807, 2.05) is 6.07 Å². The molecule has 0 heterocycles. The molecule has 0 saturated heterocycles. The molecule has 2 aliphatic rings. The third-order valence-corrected chi connectivity index (χ3v) is 4.52. The number of rotatable bonds is 4. The number of aliphatic hydroxyl groups excluding tert-OH is 1. The maximum Gasteiger partial charge on any atom is 0.223 e. The summed E-state index contributed by atoms with van der Waals surface area (Å²) in [6.07, 6.45) is 4.08. The number of hydrogen-bond donors (Lipinski definition) is 2. The summed E-state index contributed by atoms with van der Waals surface area (Å²) >= 11 is 0. The Balaban J connectivity index is 1.61. The number of amides is 1. The SMILES string of the molecule is Cc1ccccc1CC1(NC(=O)C2CC(O)C2)CC1. The predicted octanol–water partition coefficient (Wildman–Crippen LogP) is 1.96. The first kappa shape index (κ1) is 12.7. The van der Waals surface area contributed by atoms with E-state index in [1.54, 1.807) is 0 Å². The number of carbonyl (C=O) groups excluding carboxylic acids is 1. The minimum atomic E-state index is -0.262. The lowest BCUT2D eigenvalue weighted by Gasteiger charge is -2.32. The molecule has 0 unspecified atom stereocenters. The van der Waals surface area contributed by atoms with Crippen molar-refractivity contribution in [1.29, 1.82) is 0 Å². The molecule has 0 spiro atoms. The maximum absolute atomic E-state index is 12.1. The Labute approximate surface area is 114 Å². The van der Waals surface area contributed by atoms with Gasteiger partial charge in [-0.1, -0.05) is 24.3 Å². The minimum Gasteiger partial charge on any atom is -0.393 e. The lowest BCUT2D eigenvalue weighted by molar-refractivity contribution is -0.132. The van der Waals surface area contributed by atoms with Gasteiger partial charge in [-0.05, 0) is 50.2 Å². The van der Waals surface area contributed by atoms with Crippen LogP contribution in [0.25, 0.3) is 0 Å². The summed E-state index contributed by atoms with van der Waals surface area (Å²) in [5, 5.41) is 12.5. The molecule has 0 radical (unpaired) electrons. The lowest BCUT2D eigenvalue weighted by Crippen LogP contribution is -2.47. The van der Waals surface area contributed by atoms with Crippen LogP contribution in [-0.2, 0) is 11.2 Å². The highest BCUT2D eigenvalue weighted by Gasteiger charge is 2.46. The van der Waals surface area contributed by atoms with Crippen molar-refractivity contribution in [3.8, 4) is 0 Å². The molecule has 0 atom stereocenters. The molecule has 0 aliphatic heterocycles. The molecule has 1 aromatic rings. The van der Waals surface area contributed by atoms with Crippen molar-refractivity contribution in [2.45, 2.75) is 50.7 Å². The first-order chi connectivity index (χ1) is 9.08. The summed E-state index contributed by atoms with van der Waals surface area (Å²) in [5.74, 6) is 0.167. The van der Waals surface area contributed by atoms with E-state index in [4.69, 9.17) is 0 Å². The van der Waals surface area contributed by atoms with Crippen molar-refractivity contribution in [3.63, 3.8) is 0 Å². The van der Waals surface area contributed by atoms with Crippen molar-refractivity contribution >= 4 is 5.91 Å². The molecule has 1 aromatic carbocycles. The molecule has 0 bridgehead atoms. The fraction of sp³-hybridized carbons (Fsp3) is 0.562. The molecule has 3 heteroatoms. The van der Waals surface area contributed by atoms with E-state index < -0.39 is 0 Å². The molecule has 2 saturated carbocycles. The molecule has 1 amide bonds. The number of hydrogen-bond acceptors (Lipinski definition) is 2. The largest absolute Gasteiger partial charge is 0.393 e. The quantitative estimate of drug-likeness (QED) is 0.868. The van der Waals surface area contributed by atoms with Crippen molar-refractivity contribution in [2.75, 3.05) is 0 Å². The molecule has 2 fully saturated rings. The number of nitrogens with one attached hydrogen (secondary N) is 1. The van der Waals surface area contributed by atoms with Gasteiger partial charge < -0.3 is 10.4 Å². The van der Waals surface area contributed by atoms with E-state index in [2.05, 4.69) is 30.4 Å². The van der Waals surface area contributed by atoms with Gasteiger partial charge >= 0.3 is 0 Å². The average molecular weight is 259 g/mol. The van der Waals surface area contributed by atoms with Crippen LogP contribution >= 0.6 is 0 Å². The van der Waals surface area contributed by atoms with Gasteiger partial charge in [0.15, 0.2) is 0 Å². The predicted molar refractivity (Wildman–Crippen MR) is 73.7 cm³/mol. The number of benzene rings is 1. The van der Waals surface area contributed by atoms with Crippen LogP contribution in [0.5, 0.6) is 0 Å². The molecule has 102 valence electrons. The zero-order chi connectivity index (χ0) is 13.5. The Morgan fingerprint density at radius 2 is 2.05 bits per heavy atom. The summed E-state index contributed by atoms with van der Waals surface area (Å²) in [4.78, 5) is 12.1. The Morgan fingerprint density at radius 3 is 2.63 bits per heavy atom. The van der Waals surface area contributed by atoms with Gasteiger partial charge in [0, 0.05) is 11.5 Å². The fourth-order valence-corrected chi connectivity index (χ4v) is 2.84. The van der Waals surface area contributed by atoms with Gasteiger partial charge in [0.05, 0.1) is 6.10 Å². The Hall–Kier alpha value is -1.35. The van der Waals surface area contributed by atoms with Crippen LogP contribution in [0, 0.1) is 12.8 Å². The first-order valence-corrected chi connectivity index (χ1v) is 7.13. The molecule has 2 N–H and O–H groups in total. The zero-order valence-electron chi connectivity index (χ0n) is 11.4. The van der Waals surface area contributed by atoms with Crippen LogP contribution in [0.4, 0.5) is 0 Å². The number of aryl methyl sites for hydroxylation is 1. The highest BCUT2D eigenvalue weighted by molar-refractivity contribution is 5.81. The second kappa shape index (κ2) is 4.64. The minimum absolute atomic E-state index is 0.0102. The van der Waals surface area contributed by atoms with Crippen LogP contribution in [0.2, 0.25) is 0 Å². The summed E-state index contributed by atoms with van der Waals surface area (Å²) in [6, 6.07) is 8.37. The lowest BCUT2D eigenvalue weighted by atomic mass is 9.81. The van der Waals surface area contributed by atoms with Gasteiger partial charge in [-0.25, -0.2) is 0 Å². The third kappa shape index (κ3) is 2.66. The van der Waals surface area contributed by atoms with E-state index in [0.29, 0.717) is 12.8 Å². The van der Waals surface area contributed by atoms with E-state index in [0.717, 1.165) is 19.3 Å². The Morgan fingerprint density at radius 1 is 1.37 bits per heavy atom. The van der Waals surface area contributed by atoms with Gasteiger partial charge in [-0.15, -0.1) is 0 Å². The fourth-order valence-electron chi connectivity index (χ4n) is 2.84. The smallest absolute Gasteiger partial charge is 0.223 e. The summed E-state index contributed by atoms with van der Waals surface area (Å²) < 4.78 is 0. The van der Waals surface area contributed by atoms with Crippen molar-refractivity contribution < 1.29 is 9.90 Å². The Bertz CT molecular complexity index is 487. The standard InChI is InChI=1S/C16H21NO2/c1-11-4-2-3-5-12(11)10-16(6-7-16)17-15(19)13-8-14(18)9-13/h2-5,13-14,18H,6-10H2,1H3,(H,17,19). The maximum atomic E-state index is 12.1. The van der Waals surface area contributed by atoms with Crippen LogP contribution in [0.1, 0.15) is 36.8 Å². The van der Waals surface area contributed by atoms with Crippen LogP contribution in [0.15, 0.2) is 24.3 Å². The third-order valence-electron chi connectivity index (χ3n) is 4.52. The molecule has 3 rings (SSSR count). The molecule has 19 heavy (non-hydrogen) atoms.